The van der Waals surface area contributed by atoms with Gasteiger partial charge >= 0.3 is 11.9 Å². The van der Waals surface area contributed by atoms with E-state index in [-0.39, 0.29) is 24.1 Å². The van der Waals surface area contributed by atoms with Crippen molar-refractivity contribution in [1.29, 1.82) is 0 Å². The summed E-state index contributed by atoms with van der Waals surface area (Å²) in [5, 5.41) is 10.5. The summed E-state index contributed by atoms with van der Waals surface area (Å²) in [5.41, 5.74) is 0.542. The van der Waals surface area contributed by atoms with Crippen molar-refractivity contribution in [2.45, 2.75) is 37.9 Å². The highest BCUT2D eigenvalue weighted by molar-refractivity contribution is 5.89. The molecule has 1 aromatic carbocycles. The number of hydroxylamine groups is 2. The first-order chi connectivity index (χ1) is 11.1. The van der Waals surface area contributed by atoms with Crippen LogP contribution < -0.4 is 0 Å². The van der Waals surface area contributed by atoms with E-state index in [0.29, 0.717) is 31.5 Å². The van der Waals surface area contributed by atoms with Crippen molar-refractivity contribution in [3.05, 3.63) is 35.9 Å². The van der Waals surface area contributed by atoms with E-state index >= 15 is 0 Å². The number of carbonyl (C=O) groups is 2. The fraction of sp³-hybridized carbons (Fsp3) is 0.529. The second kappa shape index (κ2) is 7.10. The monoisotopic (exact) mass is 319 g/mol. The molecule has 0 radical (unpaired) electrons. The fourth-order valence-electron chi connectivity index (χ4n) is 2.95. The first-order valence-corrected chi connectivity index (χ1v) is 8.02. The molecule has 0 bridgehead atoms. The molecule has 1 aliphatic heterocycles. The van der Waals surface area contributed by atoms with E-state index in [1.54, 1.807) is 29.3 Å². The Kier molecular flexibility index (Phi) is 4.93. The number of ether oxygens (including phenoxy) is 1. The van der Waals surface area contributed by atoms with Gasteiger partial charge in [0.25, 0.3) is 0 Å². The molecule has 2 fully saturated rings. The number of carboxylic acids is 1. The number of benzene rings is 1. The lowest BCUT2D eigenvalue weighted by molar-refractivity contribution is -0.167. The lowest BCUT2D eigenvalue weighted by Crippen LogP contribution is -2.43. The highest BCUT2D eigenvalue weighted by atomic mass is 16.7. The van der Waals surface area contributed by atoms with E-state index in [1.807, 2.05) is 6.07 Å². The minimum absolute atomic E-state index is 0.0690. The molecule has 23 heavy (non-hydrogen) atoms. The van der Waals surface area contributed by atoms with E-state index in [9.17, 15) is 9.59 Å². The van der Waals surface area contributed by atoms with Crippen molar-refractivity contribution >= 4 is 11.9 Å². The molecule has 0 atom stereocenters. The number of hydrogen-bond donors (Lipinski definition) is 1. The van der Waals surface area contributed by atoms with Gasteiger partial charge in [-0.25, -0.2) is 4.79 Å². The summed E-state index contributed by atoms with van der Waals surface area (Å²) in [6.45, 7) is 1.27. The Labute approximate surface area is 134 Å². The van der Waals surface area contributed by atoms with E-state index < -0.39 is 5.97 Å². The molecule has 6 heteroatoms. The molecular weight excluding hydrogens is 298 g/mol. The molecule has 0 aromatic heterocycles. The number of aliphatic carboxylic acids is 1. The largest absolute Gasteiger partial charge is 0.481 e. The zero-order chi connectivity index (χ0) is 16.2. The number of carbonyl (C=O) groups excluding carboxylic acids is 1. The zero-order valence-electron chi connectivity index (χ0n) is 12.9. The van der Waals surface area contributed by atoms with Gasteiger partial charge in [0.2, 0.25) is 0 Å². The van der Waals surface area contributed by atoms with Gasteiger partial charge in [-0.05, 0) is 37.8 Å². The van der Waals surface area contributed by atoms with Crippen LogP contribution in [0.4, 0.5) is 0 Å². The van der Waals surface area contributed by atoms with Crippen LogP contribution in [0.5, 0.6) is 0 Å². The maximum Gasteiger partial charge on any atom is 0.357 e. The molecule has 1 saturated carbocycles. The van der Waals surface area contributed by atoms with Gasteiger partial charge in [0.05, 0.1) is 23.7 Å². The zero-order valence-corrected chi connectivity index (χ0v) is 12.9. The number of carboxylic acid groups (broad SMARTS) is 1. The van der Waals surface area contributed by atoms with Crippen LogP contribution in [0.1, 0.15) is 36.0 Å². The summed E-state index contributed by atoms with van der Waals surface area (Å²) in [6, 6.07) is 8.93. The summed E-state index contributed by atoms with van der Waals surface area (Å²) in [7, 11) is 0. The second-order valence-corrected chi connectivity index (χ2v) is 6.14. The average molecular weight is 319 g/mol. The lowest BCUT2D eigenvalue weighted by atomic mass is 9.82. The Balaban J connectivity index is 1.37. The predicted molar refractivity (Wildman–Crippen MR) is 81.7 cm³/mol. The molecular formula is C17H21NO5. The first kappa shape index (κ1) is 16.0. The lowest BCUT2D eigenvalue weighted by Gasteiger charge is -2.38. The van der Waals surface area contributed by atoms with Crippen molar-refractivity contribution in [3.8, 4) is 0 Å². The average Bonchev–Trinajstić information content (AvgIpc) is 2.52. The SMILES string of the molecule is O=C(ON1CCC(OC2CC(C(=O)O)C2)CC1)c1ccccc1. The molecule has 3 rings (SSSR count). The third kappa shape index (κ3) is 4.09. The Morgan fingerprint density at radius 3 is 2.30 bits per heavy atom. The van der Waals surface area contributed by atoms with Crippen molar-refractivity contribution < 1.29 is 24.3 Å². The molecule has 0 spiro atoms. The highest BCUT2D eigenvalue weighted by Gasteiger charge is 2.37. The van der Waals surface area contributed by atoms with E-state index in [1.165, 1.54) is 0 Å². The second-order valence-electron chi connectivity index (χ2n) is 6.14. The third-order valence-electron chi connectivity index (χ3n) is 4.45. The quantitative estimate of drug-likeness (QED) is 0.896. The molecule has 1 saturated heterocycles. The topological polar surface area (TPSA) is 76.1 Å². The number of piperidine rings is 1. The minimum Gasteiger partial charge on any atom is -0.481 e. The van der Waals surface area contributed by atoms with Crippen molar-refractivity contribution in [3.63, 3.8) is 0 Å². The summed E-state index contributed by atoms with van der Waals surface area (Å²) < 4.78 is 5.92. The third-order valence-corrected chi connectivity index (χ3v) is 4.45. The van der Waals surface area contributed by atoms with Crippen molar-refractivity contribution in [1.82, 2.24) is 5.06 Å². The Morgan fingerprint density at radius 2 is 1.70 bits per heavy atom. The van der Waals surface area contributed by atoms with Crippen molar-refractivity contribution in [2.75, 3.05) is 13.1 Å². The van der Waals surface area contributed by atoms with Gasteiger partial charge in [-0.1, -0.05) is 18.2 Å². The van der Waals surface area contributed by atoms with Gasteiger partial charge in [0.1, 0.15) is 0 Å². The minimum atomic E-state index is -0.729. The van der Waals surface area contributed by atoms with E-state index in [0.717, 1.165) is 12.8 Å². The molecule has 0 amide bonds. The molecule has 1 heterocycles. The Hall–Kier alpha value is -1.92. The van der Waals surface area contributed by atoms with Gasteiger partial charge in [-0.15, -0.1) is 5.06 Å². The van der Waals surface area contributed by atoms with Gasteiger partial charge in [0.15, 0.2) is 0 Å². The molecule has 6 nitrogen and oxygen atoms in total. The van der Waals surface area contributed by atoms with Crippen LogP contribution in [0.3, 0.4) is 0 Å². The Bertz CT molecular complexity index is 547. The van der Waals surface area contributed by atoms with Gasteiger partial charge in [-0.3, -0.25) is 4.79 Å². The van der Waals surface area contributed by atoms with Gasteiger partial charge in [0, 0.05) is 13.1 Å². The summed E-state index contributed by atoms with van der Waals surface area (Å²) >= 11 is 0. The number of nitrogens with zero attached hydrogens (tertiary/aromatic N) is 1. The molecule has 0 unspecified atom stereocenters. The van der Waals surface area contributed by atoms with Crippen LogP contribution >= 0.6 is 0 Å². The summed E-state index contributed by atoms with van der Waals surface area (Å²) in [6.07, 6.45) is 2.99. The summed E-state index contributed by atoms with van der Waals surface area (Å²) in [4.78, 5) is 28.1. The normalized spacial score (nSPS) is 25.6. The fourth-order valence-corrected chi connectivity index (χ4v) is 2.95. The number of rotatable bonds is 5. The number of hydrogen-bond acceptors (Lipinski definition) is 5. The van der Waals surface area contributed by atoms with Crippen molar-refractivity contribution in [2.24, 2.45) is 5.92 Å². The van der Waals surface area contributed by atoms with Crippen LogP contribution in [0, 0.1) is 5.92 Å². The van der Waals surface area contributed by atoms with E-state index in [2.05, 4.69) is 0 Å². The standard InChI is InChI=1S/C17H21NO5/c19-16(20)13-10-15(11-13)22-14-6-8-18(9-7-14)23-17(21)12-4-2-1-3-5-12/h1-5,13-15H,6-11H2,(H,19,20). The van der Waals surface area contributed by atoms with Crippen LogP contribution in [-0.4, -0.2) is 47.4 Å². The maximum atomic E-state index is 12.0. The predicted octanol–water partition coefficient (Wildman–Crippen LogP) is 2.10. The van der Waals surface area contributed by atoms with Gasteiger partial charge < -0.3 is 14.7 Å². The van der Waals surface area contributed by atoms with Crippen LogP contribution in [-0.2, 0) is 14.4 Å². The smallest absolute Gasteiger partial charge is 0.357 e. The molecule has 2 aliphatic rings. The van der Waals surface area contributed by atoms with E-state index in [4.69, 9.17) is 14.7 Å². The molecule has 1 N–H and O–H groups in total. The maximum absolute atomic E-state index is 12.0. The van der Waals surface area contributed by atoms with Gasteiger partial charge in [-0.2, -0.15) is 0 Å². The first-order valence-electron chi connectivity index (χ1n) is 8.02. The van der Waals surface area contributed by atoms with Crippen LogP contribution in [0.15, 0.2) is 30.3 Å². The molecule has 1 aliphatic carbocycles. The molecule has 124 valence electrons. The molecule has 1 aromatic rings. The van der Waals surface area contributed by atoms with Crippen LogP contribution in [0.25, 0.3) is 0 Å². The Morgan fingerprint density at radius 1 is 1.04 bits per heavy atom. The summed E-state index contributed by atoms with van der Waals surface area (Å²) in [5.74, 6) is -1.31. The van der Waals surface area contributed by atoms with Crippen LogP contribution in [0.2, 0.25) is 0 Å². The highest BCUT2D eigenvalue weighted by Crippen LogP contribution is 2.32.